The molecule has 0 aromatic rings. The molecule has 1 aliphatic rings. The maximum atomic E-state index is 11.8. The summed E-state index contributed by atoms with van der Waals surface area (Å²) in [5, 5.41) is 0. The first-order valence-corrected chi connectivity index (χ1v) is 7.70. The Morgan fingerprint density at radius 3 is 2.22 bits per heavy atom. The molecular formula is C11H17Br2NO4. The van der Waals surface area contributed by atoms with Gasteiger partial charge in [0.2, 0.25) is 0 Å². The van der Waals surface area contributed by atoms with Crippen LogP contribution in [0.15, 0.2) is 0 Å². The van der Waals surface area contributed by atoms with Gasteiger partial charge < -0.3 is 15.2 Å². The van der Waals surface area contributed by atoms with Crippen LogP contribution in [0.4, 0.5) is 0 Å². The number of carbonyl (C=O) groups is 2. The average molecular weight is 387 g/mol. The molecule has 0 unspecified atom stereocenters. The van der Waals surface area contributed by atoms with Crippen LogP contribution in [0.2, 0.25) is 0 Å². The molecule has 1 aliphatic carbocycles. The maximum absolute atomic E-state index is 11.8. The summed E-state index contributed by atoms with van der Waals surface area (Å²) in [6.45, 7) is 0.0740. The number of esters is 2. The molecule has 0 saturated heterocycles. The Hall–Kier alpha value is -0.140. The molecule has 1 saturated carbocycles. The molecule has 0 bridgehead atoms. The minimum atomic E-state index is -0.852. The van der Waals surface area contributed by atoms with Crippen LogP contribution in [-0.2, 0) is 19.1 Å². The standard InChI is InChI=1S/C11H17Br2NO4/c12-8(13)9(15)17-6-7-18-10(16)11(14)4-2-1-3-5-11/h8H,1-7,14H2. The zero-order chi connectivity index (χ0) is 13.6. The second-order valence-corrected chi connectivity index (χ2v) is 7.38. The van der Waals surface area contributed by atoms with Crippen molar-refractivity contribution in [3.8, 4) is 0 Å². The van der Waals surface area contributed by atoms with Gasteiger partial charge in [-0.05, 0) is 12.8 Å². The molecule has 0 aromatic heterocycles. The fraction of sp³-hybridized carbons (Fsp3) is 0.818. The van der Waals surface area contributed by atoms with Crippen LogP contribution >= 0.6 is 31.9 Å². The third kappa shape index (κ3) is 4.85. The molecule has 1 fully saturated rings. The quantitative estimate of drug-likeness (QED) is 0.443. The van der Waals surface area contributed by atoms with Crippen molar-refractivity contribution in [3.05, 3.63) is 0 Å². The second kappa shape index (κ2) is 7.45. The van der Waals surface area contributed by atoms with E-state index in [2.05, 4.69) is 31.9 Å². The van der Waals surface area contributed by atoms with E-state index >= 15 is 0 Å². The lowest BCUT2D eigenvalue weighted by atomic mass is 9.83. The topological polar surface area (TPSA) is 78.6 Å². The van der Waals surface area contributed by atoms with Crippen molar-refractivity contribution in [2.24, 2.45) is 5.73 Å². The highest BCUT2D eigenvalue weighted by Gasteiger charge is 2.36. The molecular weight excluding hydrogens is 370 g/mol. The van der Waals surface area contributed by atoms with Gasteiger partial charge >= 0.3 is 11.9 Å². The molecule has 0 atom stereocenters. The summed E-state index contributed by atoms with van der Waals surface area (Å²) in [5.74, 6) is -0.848. The fourth-order valence-corrected chi connectivity index (χ4v) is 2.13. The van der Waals surface area contributed by atoms with Crippen molar-refractivity contribution in [1.29, 1.82) is 0 Å². The van der Waals surface area contributed by atoms with E-state index < -0.39 is 21.2 Å². The molecule has 7 heteroatoms. The Balaban J connectivity index is 2.22. The van der Waals surface area contributed by atoms with Crippen LogP contribution in [0, 0.1) is 0 Å². The van der Waals surface area contributed by atoms with E-state index in [1.54, 1.807) is 0 Å². The smallest absolute Gasteiger partial charge is 0.330 e. The van der Waals surface area contributed by atoms with Gasteiger partial charge in [-0.3, -0.25) is 4.79 Å². The zero-order valence-corrected chi connectivity index (χ0v) is 13.2. The van der Waals surface area contributed by atoms with Gasteiger partial charge in [0.1, 0.15) is 18.8 Å². The molecule has 0 radical (unpaired) electrons. The largest absolute Gasteiger partial charge is 0.461 e. The summed E-state index contributed by atoms with van der Waals surface area (Å²) in [5.41, 5.74) is 5.14. The van der Waals surface area contributed by atoms with Gasteiger partial charge in [0.25, 0.3) is 0 Å². The Labute approximate surface area is 123 Å². The normalized spacial score (nSPS) is 18.4. The van der Waals surface area contributed by atoms with E-state index in [1.165, 1.54) is 0 Å². The van der Waals surface area contributed by atoms with Crippen LogP contribution in [0.3, 0.4) is 0 Å². The minimum absolute atomic E-state index is 0.0361. The van der Waals surface area contributed by atoms with Crippen molar-refractivity contribution in [1.82, 2.24) is 0 Å². The molecule has 5 nitrogen and oxygen atoms in total. The summed E-state index contributed by atoms with van der Waals surface area (Å²) in [6.07, 6.45) is 4.35. The third-order valence-electron chi connectivity index (χ3n) is 2.89. The first-order valence-electron chi connectivity index (χ1n) is 5.86. The van der Waals surface area contributed by atoms with Gasteiger partial charge in [-0.1, -0.05) is 51.1 Å². The van der Waals surface area contributed by atoms with Crippen molar-refractivity contribution in [2.75, 3.05) is 13.2 Å². The molecule has 0 spiro atoms. The highest BCUT2D eigenvalue weighted by atomic mass is 79.9. The van der Waals surface area contributed by atoms with E-state index in [0.717, 1.165) is 19.3 Å². The van der Waals surface area contributed by atoms with Crippen LogP contribution in [0.1, 0.15) is 32.1 Å². The van der Waals surface area contributed by atoms with Crippen LogP contribution in [0.5, 0.6) is 0 Å². The molecule has 0 aromatic carbocycles. The molecule has 1 rings (SSSR count). The predicted octanol–water partition coefficient (Wildman–Crippen LogP) is 1.85. The molecule has 18 heavy (non-hydrogen) atoms. The first kappa shape index (κ1) is 15.9. The number of alkyl halides is 2. The number of rotatable bonds is 5. The monoisotopic (exact) mass is 385 g/mol. The number of ether oxygens (including phenoxy) is 2. The summed E-state index contributed by atoms with van der Waals surface area (Å²) in [6, 6.07) is 0. The fourth-order valence-electron chi connectivity index (χ4n) is 1.87. The van der Waals surface area contributed by atoms with Crippen LogP contribution in [-0.4, -0.2) is 34.4 Å². The van der Waals surface area contributed by atoms with E-state index in [-0.39, 0.29) is 13.2 Å². The zero-order valence-electron chi connectivity index (χ0n) is 9.99. The highest BCUT2D eigenvalue weighted by Crippen LogP contribution is 2.26. The van der Waals surface area contributed by atoms with Crippen molar-refractivity contribution in [2.45, 2.75) is 41.4 Å². The Morgan fingerprint density at radius 1 is 1.11 bits per heavy atom. The summed E-state index contributed by atoms with van der Waals surface area (Å²) < 4.78 is 9.32. The molecule has 2 N–H and O–H groups in total. The SMILES string of the molecule is NC1(C(=O)OCCOC(=O)C(Br)Br)CCCCC1. The lowest BCUT2D eigenvalue weighted by Gasteiger charge is -2.30. The van der Waals surface area contributed by atoms with Gasteiger partial charge in [-0.2, -0.15) is 0 Å². The average Bonchev–Trinajstić information content (AvgIpc) is 2.34. The summed E-state index contributed by atoms with van der Waals surface area (Å²) in [4.78, 5) is 22.9. The number of hydrogen-bond acceptors (Lipinski definition) is 5. The summed E-state index contributed by atoms with van der Waals surface area (Å²) in [7, 11) is 0. The van der Waals surface area contributed by atoms with Crippen molar-refractivity contribution >= 4 is 43.8 Å². The first-order chi connectivity index (χ1) is 8.46. The van der Waals surface area contributed by atoms with E-state index in [0.29, 0.717) is 12.8 Å². The third-order valence-corrected chi connectivity index (χ3v) is 3.64. The highest BCUT2D eigenvalue weighted by molar-refractivity contribution is 9.25. The minimum Gasteiger partial charge on any atom is -0.461 e. The van der Waals surface area contributed by atoms with Crippen molar-refractivity contribution in [3.63, 3.8) is 0 Å². The van der Waals surface area contributed by atoms with Crippen LogP contribution < -0.4 is 5.73 Å². The lowest BCUT2D eigenvalue weighted by Crippen LogP contribution is -2.50. The Kier molecular flexibility index (Phi) is 6.59. The predicted molar refractivity (Wildman–Crippen MR) is 73.6 cm³/mol. The second-order valence-electron chi connectivity index (χ2n) is 4.32. The summed E-state index contributed by atoms with van der Waals surface area (Å²) >= 11 is 6.01. The Bertz CT molecular complexity index is 303. The Morgan fingerprint density at radius 2 is 1.67 bits per heavy atom. The molecule has 0 amide bonds. The van der Waals surface area contributed by atoms with Crippen LogP contribution in [0.25, 0.3) is 0 Å². The van der Waals surface area contributed by atoms with Crippen molar-refractivity contribution < 1.29 is 19.1 Å². The van der Waals surface area contributed by atoms with E-state index in [9.17, 15) is 9.59 Å². The van der Waals surface area contributed by atoms with Gasteiger partial charge in [0.15, 0.2) is 3.74 Å². The lowest BCUT2D eigenvalue weighted by molar-refractivity contribution is -0.156. The van der Waals surface area contributed by atoms with Gasteiger partial charge in [0, 0.05) is 0 Å². The molecule has 0 heterocycles. The maximum Gasteiger partial charge on any atom is 0.330 e. The van der Waals surface area contributed by atoms with E-state index in [1.807, 2.05) is 0 Å². The van der Waals surface area contributed by atoms with Gasteiger partial charge in [0.05, 0.1) is 0 Å². The molecule has 104 valence electrons. The number of nitrogens with two attached hydrogens (primary N) is 1. The number of hydrogen-bond donors (Lipinski definition) is 1. The molecule has 0 aliphatic heterocycles. The van der Waals surface area contributed by atoms with E-state index in [4.69, 9.17) is 15.2 Å². The van der Waals surface area contributed by atoms with Gasteiger partial charge in [-0.15, -0.1) is 0 Å². The number of carbonyl (C=O) groups excluding carboxylic acids is 2. The van der Waals surface area contributed by atoms with Gasteiger partial charge in [-0.25, -0.2) is 4.79 Å². The number of halogens is 2.